The molecule has 32 heavy (non-hydrogen) atoms. The first-order valence-electron chi connectivity index (χ1n) is 10.6. The molecule has 4 aromatic rings. The van der Waals surface area contributed by atoms with E-state index >= 15 is 0 Å². The Morgan fingerprint density at radius 1 is 0.562 bits per heavy atom. The minimum absolute atomic E-state index is 0. The van der Waals surface area contributed by atoms with Crippen molar-refractivity contribution in [3.05, 3.63) is 121 Å². The van der Waals surface area contributed by atoms with Crippen LogP contribution in [0.25, 0.3) is 0 Å². The zero-order chi connectivity index (χ0) is 21.9. The van der Waals surface area contributed by atoms with Crippen LogP contribution in [0.15, 0.2) is 121 Å². The molecule has 0 aliphatic carbocycles. The second kappa shape index (κ2) is 14.6. The monoisotopic (exact) mass is 520 g/mol. The second-order valence-corrected chi connectivity index (χ2v) is 12.7. The summed E-state index contributed by atoms with van der Waals surface area (Å²) in [5.74, 6) is 0. The third-order valence-electron chi connectivity index (χ3n) is 5.03. The van der Waals surface area contributed by atoms with Crippen LogP contribution < -0.4 is 33.6 Å². The summed E-state index contributed by atoms with van der Waals surface area (Å²) in [6.07, 6.45) is 1.23. The number of benzene rings is 4. The number of hydrogen-bond acceptors (Lipinski definition) is 0. The first-order chi connectivity index (χ1) is 15.2. The molecule has 0 spiro atoms. The fourth-order valence-corrected chi connectivity index (χ4v) is 7.95. The van der Waals surface area contributed by atoms with Gasteiger partial charge in [-0.3, -0.25) is 0 Å². The summed E-state index contributed by atoms with van der Waals surface area (Å²) in [7, 11) is -0.212. The molecular weight excluding hydrogens is 492 g/mol. The Morgan fingerprint density at radius 3 is 1.12 bits per heavy atom. The maximum atomic E-state index is 5.21. The van der Waals surface area contributed by atoms with Crippen molar-refractivity contribution in [2.45, 2.75) is 25.9 Å². The minimum atomic E-state index is -0.546. The SMILES string of the molecule is CCC(C)P(c1ccccc1)c1ccccc1.[Cl-].[Ni+][P](c1ccccc1)c1ccccc1. The molecule has 4 rings (SSSR count). The fraction of sp³-hybridized carbons (Fsp3) is 0.143. The van der Waals surface area contributed by atoms with Crippen LogP contribution in [0.5, 0.6) is 0 Å². The molecule has 4 heteroatoms. The van der Waals surface area contributed by atoms with E-state index in [1.54, 1.807) is 0 Å². The zero-order valence-electron chi connectivity index (χ0n) is 18.4. The van der Waals surface area contributed by atoms with Crippen molar-refractivity contribution in [1.29, 1.82) is 0 Å². The van der Waals surface area contributed by atoms with E-state index in [-0.39, 0.29) is 20.3 Å². The molecule has 4 aromatic carbocycles. The molecule has 0 aliphatic rings. The van der Waals surface area contributed by atoms with E-state index in [0.29, 0.717) is 0 Å². The van der Waals surface area contributed by atoms with Gasteiger partial charge < -0.3 is 12.4 Å². The Balaban J connectivity index is 0.000000224. The molecule has 0 saturated heterocycles. The molecule has 0 heterocycles. The molecule has 1 unspecified atom stereocenters. The van der Waals surface area contributed by atoms with Gasteiger partial charge in [-0.2, -0.15) is 0 Å². The third-order valence-corrected chi connectivity index (χ3v) is 11.0. The van der Waals surface area contributed by atoms with Gasteiger partial charge in [-0.25, -0.2) is 0 Å². The quantitative estimate of drug-likeness (QED) is 0.269. The molecule has 1 atom stereocenters. The van der Waals surface area contributed by atoms with Crippen LogP contribution in [0.4, 0.5) is 0 Å². The molecule has 168 valence electrons. The third kappa shape index (κ3) is 7.83. The van der Waals surface area contributed by atoms with Crippen LogP contribution >= 0.6 is 14.6 Å². The Kier molecular flexibility index (Phi) is 12.2. The number of rotatable bonds is 6. The van der Waals surface area contributed by atoms with Crippen molar-refractivity contribution in [1.82, 2.24) is 0 Å². The second-order valence-electron chi connectivity index (χ2n) is 7.22. The van der Waals surface area contributed by atoms with E-state index in [1.165, 1.54) is 27.6 Å². The molecule has 0 bridgehead atoms. The van der Waals surface area contributed by atoms with Crippen LogP contribution in [0, 0.1) is 0 Å². The molecular formula is C28H29ClNiP2. The van der Waals surface area contributed by atoms with Gasteiger partial charge >= 0.3 is 93.0 Å². The summed E-state index contributed by atoms with van der Waals surface area (Å²) in [5, 5.41) is 5.52. The number of halogens is 1. The van der Waals surface area contributed by atoms with Crippen LogP contribution in [0.3, 0.4) is 0 Å². The van der Waals surface area contributed by atoms with Gasteiger partial charge in [0.1, 0.15) is 0 Å². The normalized spacial score (nSPS) is 11.3. The Hall–Kier alpha value is -1.48. The Labute approximate surface area is 209 Å². The first kappa shape index (κ1) is 26.8. The van der Waals surface area contributed by atoms with Gasteiger partial charge in [0.2, 0.25) is 0 Å². The van der Waals surface area contributed by atoms with Gasteiger partial charge in [0.05, 0.1) is 0 Å². The van der Waals surface area contributed by atoms with Gasteiger partial charge in [0.25, 0.3) is 0 Å². The molecule has 0 nitrogen and oxygen atoms in total. The molecule has 0 N–H and O–H groups in total. The van der Waals surface area contributed by atoms with E-state index in [0.717, 1.165) is 5.66 Å². The van der Waals surface area contributed by atoms with Gasteiger partial charge in [0, 0.05) is 0 Å². The van der Waals surface area contributed by atoms with Crippen LogP contribution in [-0.2, 0) is 15.0 Å². The first-order valence-corrected chi connectivity index (χ1v) is 14.5. The van der Waals surface area contributed by atoms with Crippen molar-refractivity contribution in [2.75, 3.05) is 0 Å². The topological polar surface area (TPSA) is 0 Å². The van der Waals surface area contributed by atoms with Gasteiger partial charge in [0.15, 0.2) is 0 Å². The van der Waals surface area contributed by atoms with Crippen LogP contribution in [0.2, 0.25) is 0 Å². The summed E-state index contributed by atoms with van der Waals surface area (Å²) in [6.45, 7) is 4.10. The summed E-state index contributed by atoms with van der Waals surface area (Å²) in [6, 6.07) is 42.6. The molecule has 0 amide bonds. The standard InChI is InChI=1S/C16H19P.C12H10P.ClH.Ni/c1-3-14(2)17(15-10-6-4-7-11-15)16-12-8-5-9-13-16;1-3-7-11(8-4-1)13-12-9-5-2-6-10-12;;/h4-14H,3H2,1-2H3;1-10H;1H;/q;-1;;+2/p-1. The van der Waals surface area contributed by atoms with E-state index in [4.69, 9.17) is 15.0 Å². The average molecular weight is 522 g/mol. The molecule has 0 aliphatic heterocycles. The van der Waals surface area contributed by atoms with Crippen molar-refractivity contribution in [3.8, 4) is 0 Å². The Bertz CT molecular complexity index is 920. The van der Waals surface area contributed by atoms with E-state index in [2.05, 4.69) is 98.8 Å². The van der Waals surface area contributed by atoms with Crippen molar-refractivity contribution in [3.63, 3.8) is 0 Å². The number of hydrogen-bond donors (Lipinski definition) is 0. The van der Waals surface area contributed by atoms with Crippen molar-refractivity contribution >= 4 is 35.8 Å². The predicted molar refractivity (Wildman–Crippen MR) is 138 cm³/mol. The molecule has 0 aromatic heterocycles. The van der Waals surface area contributed by atoms with E-state index in [9.17, 15) is 0 Å². The van der Waals surface area contributed by atoms with Crippen LogP contribution in [0.1, 0.15) is 20.3 Å². The maximum absolute atomic E-state index is 5.21. The fourth-order valence-electron chi connectivity index (χ4n) is 3.27. The van der Waals surface area contributed by atoms with Gasteiger partial charge in [-0.1, -0.05) is 74.5 Å². The van der Waals surface area contributed by atoms with Crippen LogP contribution in [-0.4, -0.2) is 5.66 Å². The Morgan fingerprint density at radius 2 is 0.844 bits per heavy atom. The van der Waals surface area contributed by atoms with Crippen molar-refractivity contribution in [2.24, 2.45) is 0 Å². The summed E-state index contributed by atoms with van der Waals surface area (Å²) < 4.78 is 0. The predicted octanol–water partition coefficient (Wildman–Crippen LogP) is 3.50. The van der Waals surface area contributed by atoms with Crippen molar-refractivity contribution < 1.29 is 27.4 Å². The van der Waals surface area contributed by atoms with Gasteiger partial charge in [-0.15, -0.1) is 0 Å². The van der Waals surface area contributed by atoms with Gasteiger partial charge in [-0.05, 0) is 30.6 Å². The molecule has 0 saturated carbocycles. The zero-order valence-corrected chi connectivity index (χ0v) is 22.0. The summed E-state index contributed by atoms with van der Waals surface area (Å²) in [5.41, 5.74) is 0.731. The molecule has 0 fully saturated rings. The van der Waals surface area contributed by atoms with E-state index < -0.39 is 6.70 Å². The summed E-state index contributed by atoms with van der Waals surface area (Å²) >= 11 is 5.21. The van der Waals surface area contributed by atoms with E-state index in [1.807, 2.05) is 36.4 Å². The average Bonchev–Trinajstić information content (AvgIpc) is 2.86. The molecule has 0 radical (unpaired) electrons. The summed E-state index contributed by atoms with van der Waals surface area (Å²) in [4.78, 5) is 0.